The minimum absolute atomic E-state index is 0.0121. The summed E-state index contributed by atoms with van der Waals surface area (Å²) < 4.78 is 0. The van der Waals surface area contributed by atoms with Crippen molar-refractivity contribution in [3.63, 3.8) is 0 Å². The Hall–Kier alpha value is -1.09. The molecule has 0 saturated heterocycles. The van der Waals surface area contributed by atoms with Crippen molar-refractivity contribution in [3.05, 3.63) is 29.3 Å². The molecule has 2 nitrogen and oxygen atoms in total. The number of aryl methyl sites for hydroxylation is 2. The largest absolute Gasteiger partial charge is 0.358 e. The zero-order valence-electron chi connectivity index (χ0n) is 10.6. The summed E-state index contributed by atoms with van der Waals surface area (Å²) in [7, 11) is 0. The highest BCUT2D eigenvalue weighted by Gasteiger charge is 2.11. The van der Waals surface area contributed by atoms with Crippen LogP contribution in [0.5, 0.6) is 0 Å². The molecule has 0 radical (unpaired) electrons. The van der Waals surface area contributed by atoms with Crippen molar-refractivity contribution in [2.45, 2.75) is 40.2 Å². The molecule has 88 valence electrons. The van der Waals surface area contributed by atoms with Gasteiger partial charge < -0.3 is 10.6 Å². The normalized spacial score (nSPS) is 11.1. The van der Waals surface area contributed by atoms with E-state index >= 15 is 0 Å². The molecule has 0 saturated carbocycles. The van der Waals surface area contributed by atoms with Crippen LogP contribution in [0.3, 0.4) is 0 Å². The molecule has 3 heteroatoms. The first-order valence-electron chi connectivity index (χ1n) is 5.44. The lowest BCUT2D eigenvalue weighted by molar-refractivity contribution is 0.515. The quantitative estimate of drug-likeness (QED) is 0.731. The monoisotopic (exact) mass is 236 g/mol. The SMILES string of the molecule is Cc1ccc(C)c(NC(=S)NC(C)(C)C)c1. The lowest BCUT2D eigenvalue weighted by Crippen LogP contribution is -2.43. The van der Waals surface area contributed by atoms with Gasteiger partial charge in [0.25, 0.3) is 0 Å². The molecular weight excluding hydrogens is 216 g/mol. The summed E-state index contributed by atoms with van der Waals surface area (Å²) in [6.07, 6.45) is 0. The molecule has 0 amide bonds. The van der Waals surface area contributed by atoms with Crippen LogP contribution in [0, 0.1) is 13.8 Å². The first-order valence-corrected chi connectivity index (χ1v) is 5.85. The van der Waals surface area contributed by atoms with Crippen LogP contribution >= 0.6 is 12.2 Å². The van der Waals surface area contributed by atoms with Gasteiger partial charge in [-0.15, -0.1) is 0 Å². The number of benzene rings is 1. The highest BCUT2D eigenvalue weighted by atomic mass is 32.1. The van der Waals surface area contributed by atoms with E-state index < -0.39 is 0 Å². The van der Waals surface area contributed by atoms with Crippen molar-refractivity contribution in [1.29, 1.82) is 0 Å². The second kappa shape index (κ2) is 4.83. The second-order valence-corrected chi connectivity index (χ2v) is 5.56. The Morgan fingerprint density at radius 3 is 2.38 bits per heavy atom. The smallest absolute Gasteiger partial charge is 0.171 e. The molecule has 1 aromatic carbocycles. The molecule has 0 atom stereocenters. The van der Waals surface area contributed by atoms with Crippen LogP contribution in [0.1, 0.15) is 31.9 Å². The van der Waals surface area contributed by atoms with Gasteiger partial charge in [0, 0.05) is 11.2 Å². The second-order valence-electron chi connectivity index (χ2n) is 5.15. The third-order valence-electron chi connectivity index (χ3n) is 2.13. The molecule has 0 aliphatic carbocycles. The van der Waals surface area contributed by atoms with Gasteiger partial charge in [0.1, 0.15) is 0 Å². The Morgan fingerprint density at radius 2 is 1.81 bits per heavy atom. The zero-order chi connectivity index (χ0) is 12.3. The van der Waals surface area contributed by atoms with Crippen LogP contribution in [0.2, 0.25) is 0 Å². The van der Waals surface area contributed by atoms with Crippen LogP contribution in [-0.2, 0) is 0 Å². The summed E-state index contributed by atoms with van der Waals surface area (Å²) in [6, 6.07) is 6.30. The lowest BCUT2D eigenvalue weighted by Gasteiger charge is -2.23. The molecule has 1 aromatic rings. The number of anilines is 1. The zero-order valence-corrected chi connectivity index (χ0v) is 11.5. The molecule has 0 heterocycles. The first-order chi connectivity index (χ1) is 7.28. The maximum Gasteiger partial charge on any atom is 0.171 e. The fourth-order valence-electron chi connectivity index (χ4n) is 1.36. The van der Waals surface area contributed by atoms with Crippen molar-refractivity contribution in [2.75, 3.05) is 5.32 Å². The summed E-state index contributed by atoms with van der Waals surface area (Å²) in [4.78, 5) is 0. The maximum atomic E-state index is 5.26. The minimum atomic E-state index is -0.0121. The Labute approximate surface area is 103 Å². The number of nitrogens with one attached hydrogen (secondary N) is 2. The predicted molar refractivity (Wildman–Crippen MR) is 75.0 cm³/mol. The Morgan fingerprint density at radius 1 is 1.19 bits per heavy atom. The standard InChI is InChI=1S/C13H20N2S/c1-9-6-7-10(2)11(8-9)14-12(16)15-13(3,4)5/h6-8H,1-5H3,(H2,14,15,16). The molecule has 0 spiro atoms. The van der Waals surface area contributed by atoms with Crippen molar-refractivity contribution in [3.8, 4) is 0 Å². The van der Waals surface area contributed by atoms with Gasteiger partial charge in [-0.3, -0.25) is 0 Å². The molecule has 0 aliphatic heterocycles. The van der Waals surface area contributed by atoms with E-state index in [2.05, 4.69) is 63.5 Å². The molecule has 0 unspecified atom stereocenters. The van der Waals surface area contributed by atoms with Gasteiger partial charge in [0.2, 0.25) is 0 Å². The number of rotatable bonds is 1. The third-order valence-corrected chi connectivity index (χ3v) is 2.33. The molecule has 0 aliphatic rings. The Bertz CT molecular complexity index is 391. The molecule has 2 N–H and O–H groups in total. The molecule has 0 aromatic heterocycles. The fourth-order valence-corrected chi connectivity index (χ4v) is 1.78. The summed E-state index contributed by atoms with van der Waals surface area (Å²) in [6.45, 7) is 10.4. The maximum absolute atomic E-state index is 5.26. The van der Waals surface area contributed by atoms with Crippen LogP contribution in [-0.4, -0.2) is 10.7 Å². The van der Waals surface area contributed by atoms with Gasteiger partial charge in [0.05, 0.1) is 0 Å². The summed E-state index contributed by atoms with van der Waals surface area (Å²) in [5.74, 6) is 0. The minimum Gasteiger partial charge on any atom is -0.358 e. The average molecular weight is 236 g/mol. The van der Waals surface area contributed by atoms with Crippen LogP contribution in [0.15, 0.2) is 18.2 Å². The summed E-state index contributed by atoms with van der Waals surface area (Å²) >= 11 is 5.26. The van der Waals surface area contributed by atoms with Crippen molar-refractivity contribution < 1.29 is 0 Å². The van der Waals surface area contributed by atoms with Crippen LogP contribution in [0.4, 0.5) is 5.69 Å². The van der Waals surface area contributed by atoms with Gasteiger partial charge in [-0.25, -0.2) is 0 Å². The first kappa shape index (κ1) is 13.0. The summed E-state index contributed by atoms with van der Waals surface area (Å²) in [5, 5.41) is 7.13. The van der Waals surface area contributed by atoms with Gasteiger partial charge in [-0.05, 0) is 64.0 Å². The Kier molecular flexibility index (Phi) is 3.92. The number of hydrogen-bond donors (Lipinski definition) is 2. The van der Waals surface area contributed by atoms with E-state index in [1.165, 1.54) is 11.1 Å². The van der Waals surface area contributed by atoms with E-state index in [1.807, 2.05) is 0 Å². The van der Waals surface area contributed by atoms with E-state index in [9.17, 15) is 0 Å². The Balaban J connectivity index is 2.73. The van der Waals surface area contributed by atoms with Crippen LogP contribution < -0.4 is 10.6 Å². The van der Waals surface area contributed by atoms with Crippen molar-refractivity contribution in [1.82, 2.24) is 5.32 Å². The molecular formula is C13H20N2S. The molecule has 16 heavy (non-hydrogen) atoms. The number of thiocarbonyl (C=S) groups is 1. The van der Waals surface area contributed by atoms with Crippen molar-refractivity contribution in [2.24, 2.45) is 0 Å². The molecule has 0 fully saturated rings. The highest BCUT2D eigenvalue weighted by Crippen LogP contribution is 2.16. The number of hydrogen-bond acceptors (Lipinski definition) is 1. The van der Waals surface area contributed by atoms with Gasteiger partial charge >= 0.3 is 0 Å². The third kappa shape index (κ3) is 4.19. The van der Waals surface area contributed by atoms with E-state index in [4.69, 9.17) is 12.2 Å². The van der Waals surface area contributed by atoms with Gasteiger partial charge in [-0.2, -0.15) is 0 Å². The van der Waals surface area contributed by atoms with E-state index in [1.54, 1.807) is 0 Å². The van der Waals surface area contributed by atoms with Crippen LogP contribution in [0.25, 0.3) is 0 Å². The van der Waals surface area contributed by atoms with E-state index in [0.717, 1.165) is 5.69 Å². The van der Waals surface area contributed by atoms with Gasteiger partial charge in [-0.1, -0.05) is 12.1 Å². The predicted octanol–water partition coefficient (Wildman–Crippen LogP) is 3.39. The van der Waals surface area contributed by atoms with Crippen molar-refractivity contribution >= 4 is 23.0 Å². The van der Waals surface area contributed by atoms with Gasteiger partial charge in [0.15, 0.2) is 5.11 Å². The average Bonchev–Trinajstić information content (AvgIpc) is 2.08. The highest BCUT2D eigenvalue weighted by molar-refractivity contribution is 7.80. The van der Waals surface area contributed by atoms with E-state index in [-0.39, 0.29) is 5.54 Å². The molecule has 0 bridgehead atoms. The fraction of sp³-hybridized carbons (Fsp3) is 0.462. The topological polar surface area (TPSA) is 24.1 Å². The molecule has 1 rings (SSSR count). The van der Waals surface area contributed by atoms with E-state index in [0.29, 0.717) is 5.11 Å². The lowest BCUT2D eigenvalue weighted by atomic mass is 10.1. The summed E-state index contributed by atoms with van der Waals surface area (Å²) in [5.41, 5.74) is 3.49.